The van der Waals surface area contributed by atoms with Gasteiger partial charge in [-0.1, -0.05) is 55.8 Å². The number of halogens is 1. The Hall–Kier alpha value is -1.51. The third-order valence-electron chi connectivity index (χ3n) is 3.43. The predicted molar refractivity (Wildman–Crippen MR) is 87.0 cm³/mol. The molecule has 0 aliphatic carbocycles. The van der Waals surface area contributed by atoms with Crippen molar-refractivity contribution in [3.8, 4) is 5.75 Å². The SMILES string of the molecule is COc1cc(Cl)ccc1C(O)c1ccc(CC(C)C)cc1. The molecule has 0 aliphatic rings. The first-order valence-electron chi connectivity index (χ1n) is 7.11. The summed E-state index contributed by atoms with van der Waals surface area (Å²) in [7, 11) is 1.58. The maximum atomic E-state index is 10.5. The number of aliphatic hydroxyl groups excluding tert-OH is 1. The first-order chi connectivity index (χ1) is 10.0. The second-order valence-corrected chi connectivity index (χ2v) is 6.06. The van der Waals surface area contributed by atoms with Gasteiger partial charge in [-0.25, -0.2) is 0 Å². The van der Waals surface area contributed by atoms with E-state index in [1.54, 1.807) is 25.3 Å². The lowest BCUT2D eigenvalue weighted by atomic mass is 9.97. The van der Waals surface area contributed by atoms with Crippen LogP contribution in [0, 0.1) is 5.92 Å². The molecule has 0 saturated heterocycles. The van der Waals surface area contributed by atoms with E-state index < -0.39 is 6.10 Å². The van der Waals surface area contributed by atoms with Crippen molar-refractivity contribution in [1.29, 1.82) is 0 Å². The smallest absolute Gasteiger partial charge is 0.126 e. The van der Waals surface area contributed by atoms with Crippen LogP contribution in [-0.4, -0.2) is 12.2 Å². The highest BCUT2D eigenvalue weighted by Crippen LogP contribution is 2.32. The van der Waals surface area contributed by atoms with Crippen molar-refractivity contribution < 1.29 is 9.84 Å². The molecule has 0 heterocycles. The van der Waals surface area contributed by atoms with E-state index >= 15 is 0 Å². The summed E-state index contributed by atoms with van der Waals surface area (Å²) in [5, 5.41) is 11.1. The maximum Gasteiger partial charge on any atom is 0.126 e. The van der Waals surface area contributed by atoms with Gasteiger partial charge in [0.1, 0.15) is 11.9 Å². The third-order valence-corrected chi connectivity index (χ3v) is 3.66. The number of hydrogen-bond donors (Lipinski definition) is 1. The molecule has 2 aromatic carbocycles. The number of hydrogen-bond acceptors (Lipinski definition) is 2. The molecule has 2 rings (SSSR count). The highest BCUT2D eigenvalue weighted by Gasteiger charge is 2.15. The molecule has 112 valence electrons. The van der Waals surface area contributed by atoms with E-state index in [0.717, 1.165) is 17.5 Å². The number of ether oxygens (including phenoxy) is 1. The first kappa shape index (κ1) is 15.9. The lowest BCUT2D eigenvalue weighted by Crippen LogP contribution is -2.03. The predicted octanol–water partition coefficient (Wildman–Crippen LogP) is 4.63. The van der Waals surface area contributed by atoms with Gasteiger partial charge in [0.15, 0.2) is 0 Å². The Morgan fingerprint density at radius 3 is 2.33 bits per heavy atom. The maximum absolute atomic E-state index is 10.5. The summed E-state index contributed by atoms with van der Waals surface area (Å²) in [5.41, 5.74) is 2.85. The van der Waals surface area contributed by atoms with Gasteiger partial charge in [-0.2, -0.15) is 0 Å². The molecule has 1 N–H and O–H groups in total. The fourth-order valence-corrected chi connectivity index (χ4v) is 2.56. The zero-order valence-electron chi connectivity index (χ0n) is 12.6. The van der Waals surface area contributed by atoms with Crippen LogP contribution in [0.15, 0.2) is 42.5 Å². The molecule has 2 aromatic rings. The highest BCUT2D eigenvalue weighted by atomic mass is 35.5. The first-order valence-corrected chi connectivity index (χ1v) is 7.49. The Labute approximate surface area is 131 Å². The topological polar surface area (TPSA) is 29.5 Å². The van der Waals surface area contributed by atoms with Gasteiger partial charge in [-0.15, -0.1) is 0 Å². The molecule has 0 fully saturated rings. The molecule has 21 heavy (non-hydrogen) atoms. The molecule has 1 unspecified atom stereocenters. The average molecular weight is 305 g/mol. The summed E-state index contributed by atoms with van der Waals surface area (Å²) in [6.07, 6.45) is 0.325. The fraction of sp³-hybridized carbons (Fsp3) is 0.333. The summed E-state index contributed by atoms with van der Waals surface area (Å²) in [6.45, 7) is 4.39. The van der Waals surface area contributed by atoms with Gasteiger partial charge < -0.3 is 9.84 Å². The van der Waals surface area contributed by atoms with E-state index in [-0.39, 0.29) is 0 Å². The summed E-state index contributed by atoms with van der Waals surface area (Å²) in [4.78, 5) is 0. The summed E-state index contributed by atoms with van der Waals surface area (Å²) >= 11 is 5.95. The van der Waals surface area contributed by atoms with Crippen molar-refractivity contribution in [2.45, 2.75) is 26.4 Å². The summed E-state index contributed by atoms with van der Waals surface area (Å²) in [6, 6.07) is 13.4. The zero-order valence-corrected chi connectivity index (χ0v) is 13.4. The monoisotopic (exact) mass is 304 g/mol. The van der Waals surface area contributed by atoms with Crippen LogP contribution < -0.4 is 4.74 Å². The van der Waals surface area contributed by atoms with Crippen molar-refractivity contribution in [3.05, 3.63) is 64.2 Å². The van der Waals surface area contributed by atoms with Crippen molar-refractivity contribution in [2.24, 2.45) is 5.92 Å². The molecule has 0 amide bonds. The van der Waals surface area contributed by atoms with E-state index in [0.29, 0.717) is 16.7 Å². The molecular formula is C18H21ClO2. The Morgan fingerprint density at radius 1 is 1.10 bits per heavy atom. The molecule has 0 spiro atoms. The highest BCUT2D eigenvalue weighted by molar-refractivity contribution is 6.30. The Morgan fingerprint density at radius 2 is 1.76 bits per heavy atom. The fourth-order valence-electron chi connectivity index (χ4n) is 2.40. The molecule has 0 bridgehead atoms. The van der Waals surface area contributed by atoms with Crippen LogP contribution in [0.5, 0.6) is 5.75 Å². The Bertz CT molecular complexity index is 591. The van der Waals surface area contributed by atoms with Crippen LogP contribution in [-0.2, 0) is 6.42 Å². The number of methoxy groups -OCH3 is 1. The standard InChI is InChI=1S/C18H21ClO2/c1-12(2)10-13-4-6-14(7-5-13)18(20)16-9-8-15(19)11-17(16)21-3/h4-9,11-12,18,20H,10H2,1-3H3. The van der Waals surface area contributed by atoms with Crippen molar-refractivity contribution in [3.63, 3.8) is 0 Å². The minimum atomic E-state index is -0.717. The van der Waals surface area contributed by atoms with Crippen molar-refractivity contribution in [1.82, 2.24) is 0 Å². The number of benzene rings is 2. The lowest BCUT2D eigenvalue weighted by molar-refractivity contribution is 0.214. The lowest BCUT2D eigenvalue weighted by Gasteiger charge is -2.16. The van der Waals surface area contributed by atoms with Gasteiger partial charge in [-0.3, -0.25) is 0 Å². The van der Waals surface area contributed by atoms with E-state index in [2.05, 4.69) is 26.0 Å². The van der Waals surface area contributed by atoms with Gasteiger partial charge >= 0.3 is 0 Å². The normalized spacial score (nSPS) is 12.5. The van der Waals surface area contributed by atoms with Gasteiger partial charge in [-0.05, 0) is 35.6 Å². The number of aliphatic hydroxyl groups is 1. The van der Waals surface area contributed by atoms with Gasteiger partial charge in [0.2, 0.25) is 0 Å². The average Bonchev–Trinajstić information content (AvgIpc) is 2.46. The van der Waals surface area contributed by atoms with Crippen LogP contribution in [0.1, 0.15) is 36.6 Å². The van der Waals surface area contributed by atoms with Crippen LogP contribution in [0.3, 0.4) is 0 Å². The van der Waals surface area contributed by atoms with Crippen LogP contribution in [0.2, 0.25) is 5.02 Å². The van der Waals surface area contributed by atoms with E-state index in [1.165, 1.54) is 5.56 Å². The second kappa shape index (κ2) is 6.97. The van der Waals surface area contributed by atoms with Crippen molar-refractivity contribution in [2.75, 3.05) is 7.11 Å². The number of rotatable bonds is 5. The minimum absolute atomic E-state index is 0.593. The molecule has 1 atom stereocenters. The van der Waals surface area contributed by atoms with Crippen LogP contribution in [0.4, 0.5) is 0 Å². The molecule has 2 nitrogen and oxygen atoms in total. The molecule has 0 aliphatic heterocycles. The van der Waals surface area contributed by atoms with Crippen LogP contribution >= 0.6 is 11.6 Å². The Balaban J connectivity index is 2.25. The minimum Gasteiger partial charge on any atom is -0.496 e. The Kier molecular flexibility index (Phi) is 5.27. The summed E-state index contributed by atoms with van der Waals surface area (Å²) < 4.78 is 5.30. The van der Waals surface area contributed by atoms with Gasteiger partial charge in [0, 0.05) is 10.6 Å². The van der Waals surface area contributed by atoms with E-state index in [4.69, 9.17) is 16.3 Å². The molecule has 0 radical (unpaired) electrons. The third kappa shape index (κ3) is 3.99. The summed E-state index contributed by atoms with van der Waals surface area (Å²) in [5.74, 6) is 1.22. The quantitative estimate of drug-likeness (QED) is 0.872. The van der Waals surface area contributed by atoms with E-state index in [9.17, 15) is 5.11 Å². The van der Waals surface area contributed by atoms with Gasteiger partial charge in [0.25, 0.3) is 0 Å². The molecule has 0 aromatic heterocycles. The van der Waals surface area contributed by atoms with Gasteiger partial charge in [0.05, 0.1) is 7.11 Å². The second-order valence-electron chi connectivity index (χ2n) is 5.63. The largest absolute Gasteiger partial charge is 0.496 e. The van der Waals surface area contributed by atoms with Crippen molar-refractivity contribution >= 4 is 11.6 Å². The molecular weight excluding hydrogens is 284 g/mol. The molecule has 0 saturated carbocycles. The van der Waals surface area contributed by atoms with E-state index in [1.807, 2.05) is 12.1 Å². The zero-order chi connectivity index (χ0) is 15.4. The molecule has 3 heteroatoms. The van der Waals surface area contributed by atoms with Crippen LogP contribution in [0.25, 0.3) is 0 Å².